The van der Waals surface area contributed by atoms with Gasteiger partial charge < -0.3 is 19.5 Å². The standard InChI is InChI=1S/C20H27NO6S/c1-4-24-17-7-5-6-8-18(17)25-12-11-21-15(2)13-16-9-10-19(23-3)20(14-16)28-27-26-22/h5-10,14-15,21-22H,4,11-13H2,1-3H3/t15-/m1/s1. The van der Waals surface area contributed by atoms with E-state index in [1.807, 2.05) is 49.4 Å². The zero-order valence-corrected chi connectivity index (χ0v) is 17.2. The van der Waals surface area contributed by atoms with Gasteiger partial charge in [0.1, 0.15) is 12.4 Å². The molecule has 8 heteroatoms. The molecule has 154 valence electrons. The van der Waals surface area contributed by atoms with Crippen LogP contribution in [0.15, 0.2) is 47.4 Å². The molecule has 1 atom stereocenters. The van der Waals surface area contributed by atoms with E-state index < -0.39 is 0 Å². The third kappa shape index (κ3) is 7.21. The van der Waals surface area contributed by atoms with Crippen molar-refractivity contribution in [3.63, 3.8) is 0 Å². The molecular formula is C20H27NO6S. The van der Waals surface area contributed by atoms with E-state index in [1.165, 1.54) is 0 Å². The summed E-state index contributed by atoms with van der Waals surface area (Å²) < 4.78 is 21.2. The summed E-state index contributed by atoms with van der Waals surface area (Å²) >= 11 is 0.888. The number of ether oxygens (including phenoxy) is 3. The maximum Gasteiger partial charge on any atom is 0.161 e. The lowest BCUT2D eigenvalue weighted by atomic mass is 10.1. The Morgan fingerprint density at radius 1 is 1.07 bits per heavy atom. The van der Waals surface area contributed by atoms with Gasteiger partial charge in [-0.1, -0.05) is 23.2 Å². The molecule has 0 aliphatic carbocycles. The van der Waals surface area contributed by atoms with Gasteiger partial charge in [-0.25, -0.2) is 5.26 Å². The molecule has 0 aliphatic heterocycles. The van der Waals surface area contributed by atoms with Crippen molar-refractivity contribution in [2.24, 2.45) is 0 Å². The predicted octanol–water partition coefficient (Wildman–Crippen LogP) is 4.12. The van der Waals surface area contributed by atoms with E-state index in [4.69, 9.17) is 19.5 Å². The maximum atomic E-state index is 8.34. The molecule has 0 aromatic heterocycles. The molecule has 0 saturated heterocycles. The molecule has 0 amide bonds. The summed E-state index contributed by atoms with van der Waals surface area (Å²) in [7, 11) is 1.58. The number of methoxy groups -OCH3 is 1. The lowest BCUT2D eigenvalue weighted by molar-refractivity contribution is -0.432. The second-order valence-electron chi connectivity index (χ2n) is 6.00. The van der Waals surface area contributed by atoms with Crippen molar-refractivity contribution in [2.45, 2.75) is 31.2 Å². The topological polar surface area (TPSA) is 78.4 Å². The highest BCUT2D eigenvalue weighted by Crippen LogP contribution is 2.31. The summed E-state index contributed by atoms with van der Waals surface area (Å²) in [6.45, 7) is 5.92. The molecule has 0 heterocycles. The van der Waals surface area contributed by atoms with E-state index in [9.17, 15) is 0 Å². The number of rotatable bonds is 13. The van der Waals surface area contributed by atoms with Crippen LogP contribution in [0.25, 0.3) is 0 Å². The minimum absolute atomic E-state index is 0.243. The Balaban J connectivity index is 1.80. The van der Waals surface area contributed by atoms with Gasteiger partial charge in [-0.2, -0.15) is 0 Å². The fraction of sp³-hybridized carbons (Fsp3) is 0.400. The number of hydrogen-bond acceptors (Lipinski definition) is 8. The normalized spacial score (nSPS) is 11.9. The molecular weight excluding hydrogens is 382 g/mol. The zero-order valence-electron chi connectivity index (χ0n) is 16.3. The van der Waals surface area contributed by atoms with Gasteiger partial charge in [-0.05, 0) is 50.1 Å². The molecule has 0 saturated carbocycles. The van der Waals surface area contributed by atoms with Crippen molar-refractivity contribution in [3.05, 3.63) is 48.0 Å². The van der Waals surface area contributed by atoms with E-state index in [0.717, 1.165) is 40.4 Å². The van der Waals surface area contributed by atoms with Crippen molar-refractivity contribution in [2.75, 3.05) is 26.9 Å². The summed E-state index contributed by atoms with van der Waals surface area (Å²) in [4.78, 5) is 0.720. The summed E-state index contributed by atoms with van der Waals surface area (Å²) in [5.74, 6) is 2.16. The molecule has 0 radical (unpaired) electrons. The summed E-state index contributed by atoms with van der Waals surface area (Å²) in [6.07, 6.45) is 0.813. The van der Waals surface area contributed by atoms with Crippen LogP contribution in [0.3, 0.4) is 0 Å². The number of nitrogens with one attached hydrogen (secondary N) is 1. The first-order chi connectivity index (χ1) is 13.7. The Morgan fingerprint density at radius 3 is 2.50 bits per heavy atom. The molecule has 2 N–H and O–H groups in total. The van der Waals surface area contributed by atoms with Crippen LogP contribution >= 0.6 is 12.0 Å². The van der Waals surface area contributed by atoms with Crippen LogP contribution in [0.5, 0.6) is 17.2 Å². The third-order valence-corrected chi connectivity index (χ3v) is 4.55. The van der Waals surface area contributed by atoms with Gasteiger partial charge in [0.2, 0.25) is 0 Å². The van der Waals surface area contributed by atoms with Gasteiger partial charge in [0.15, 0.2) is 11.5 Å². The predicted molar refractivity (Wildman–Crippen MR) is 108 cm³/mol. The van der Waals surface area contributed by atoms with E-state index in [0.29, 0.717) is 25.5 Å². The first kappa shape index (κ1) is 22.3. The maximum absolute atomic E-state index is 8.34. The van der Waals surface area contributed by atoms with Crippen LogP contribution in [-0.2, 0) is 15.8 Å². The first-order valence-corrected chi connectivity index (χ1v) is 9.81. The number of para-hydroxylation sites is 2. The van der Waals surface area contributed by atoms with E-state index in [1.54, 1.807) is 7.11 Å². The number of benzene rings is 2. The van der Waals surface area contributed by atoms with Crippen molar-refractivity contribution >= 4 is 12.0 Å². The Morgan fingerprint density at radius 2 is 1.82 bits per heavy atom. The molecule has 0 bridgehead atoms. The summed E-state index contributed by atoms with van der Waals surface area (Å²) in [5.41, 5.74) is 1.10. The SMILES string of the molecule is CCOc1ccccc1OCCN[C@H](C)Cc1ccc(OC)c(SOOO)c1. The average Bonchev–Trinajstić information content (AvgIpc) is 2.71. The first-order valence-electron chi connectivity index (χ1n) is 9.07. The van der Waals surface area contributed by atoms with Gasteiger partial charge in [0.05, 0.1) is 30.7 Å². The molecule has 0 unspecified atom stereocenters. The summed E-state index contributed by atoms with van der Waals surface area (Å²) in [5, 5.41) is 15.5. The van der Waals surface area contributed by atoms with Crippen molar-refractivity contribution in [1.82, 2.24) is 5.32 Å². The van der Waals surface area contributed by atoms with Gasteiger partial charge in [0, 0.05) is 12.6 Å². The Bertz CT molecular complexity index is 715. The van der Waals surface area contributed by atoms with Crippen LogP contribution in [0.2, 0.25) is 0 Å². The van der Waals surface area contributed by atoms with E-state index in [-0.39, 0.29) is 6.04 Å². The number of hydrogen-bond donors (Lipinski definition) is 2. The highest BCUT2D eigenvalue weighted by Gasteiger charge is 2.10. The molecule has 2 aromatic carbocycles. The fourth-order valence-electron chi connectivity index (χ4n) is 2.70. The van der Waals surface area contributed by atoms with Crippen LogP contribution in [0, 0.1) is 0 Å². The largest absolute Gasteiger partial charge is 0.495 e. The van der Waals surface area contributed by atoms with Gasteiger partial charge in [0.25, 0.3) is 0 Å². The van der Waals surface area contributed by atoms with Gasteiger partial charge in [-0.15, -0.1) is 4.33 Å². The Labute approximate surface area is 170 Å². The lowest BCUT2D eigenvalue weighted by Crippen LogP contribution is -2.31. The summed E-state index contributed by atoms with van der Waals surface area (Å²) in [6, 6.07) is 13.7. The molecule has 0 spiro atoms. The van der Waals surface area contributed by atoms with Crippen LogP contribution in [-0.4, -0.2) is 38.2 Å². The molecule has 2 aromatic rings. The molecule has 2 rings (SSSR count). The second kappa shape index (κ2) is 12.5. The van der Waals surface area contributed by atoms with Crippen LogP contribution < -0.4 is 19.5 Å². The fourth-order valence-corrected chi connectivity index (χ4v) is 3.24. The zero-order chi connectivity index (χ0) is 20.2. The minimum Gasteiger partial charge on any atom is -0.495 e. The minimum atomic E-state index is 0.243. The second-order valence-corrected chi connectivity index (χ2v) is 6.74. The third-order valence-electron chi connectivity index (χ3n) is 3.93. The highest BCUT2D eigenvalue weighted by molar-refractivity contribution is 7.94. The molecule has 0 fully saturated rings. The lowest BCUT2D eigenvalue weighted by Gasteiger charge is -2.16. The van der Waals surface area contributed by atoms with Crippen LogP contribution in [0.4, 0.5) is 0 Å². The van der Waals surface area contributed by atoms with Crippen molar-refractivity contribution in [1.29, 1.82) is 0 Å². The monoisotopic (exact) mass is 409 g/mol. The molecule has 0 aliphatic rings. The Hall–Kier alpha value is -1.97. The molecule has 28 heavy (non-hydrogen) atoms. The van der Waals surface area contributed by atoms with Gasteiger partial charge >= 0.3 is 0 Å². The van der Waals surface area contributed by atoms with Crippen molar-refractivity contribution < 1.29 is 28.8 Å². The highest BCUT2D eigenvalue weighted by atomic mass is 32.2. The smallest absolute Gasteiger partial charge is 0.161 e. The van der Waals surface area contributed by atoms with Gasteiger partial charge in [-0.3, -0.25) is 0 Å². The molecule has 7 nitrogen and oxygen atoms in total. The van der Waals surface area contributed by atoms with E-state index in [2.05, 4.69) is 21.6 Å². The Kier molecular flexibility index (Phi) is 9.95. The van der Waals surface area contributed by atoms with Crippen molar-refractivity contribution in [3.8, 4) is 17.2 Å². The van der Waals surface area contributed by atoms with Crippen LogP contribution in [0.1, 0.15) is 19.4 Å². The quantitative estimate of drug-likeness (QED) is 0.221. The average molecular weight is 410 g/mol. The van der Waals surface area contributed by atoms with E-state index >= 15 is 0 Å².